The lowest BCUT2D eigenvalue weighted by Gasteiger charge is -2.28. The summed E-state index contributed by atoms with van der Waals surface area (Å²) in [6.07, 6.45) is 7.20. The molecule has 1 fully saturated rings. The van der Waals surface area contributed by atoms with Gasteiger partial charge in [-0.2, -0.15) is 0 Å². The minimum atomic E-state index is 0.224. The minimum Gasteiger partial charge on any atom is -0.396 e. The molecule has 0 atom stereocenters. The Labute approximate surface area is 100 Å². The molecule has 90 valence electrons. The van der Waals surface area contributed by atoms with Crippen LogP contribution >= 0.6 is 0 Å². The molecular weight excluding hydrogens is 214 g/mol. The molecule has 0 bridgehead atoms. The summed E-state index contributed by atoms with van der Waals surface area (Å²) in [4.78, 5) is 9.09. The van der Waals surface area contributed by atoms with Crippen LogP contribution in [0.5, 0.6) is 0 Å². The van der Waals surface area contributed by atoms with Crippen molar-refractivity contribution >= 4 is 11.2 Å². The van der Waals surface area contributed by atoms with Gasteiger partial charge in [-0.3, -0.25) is 0 Å². The van der Waals surface area contributed by atoms with Gasteiger partial charge in [0.25, 0.3) is 0 Å². The Bertz CT molecular complexity index is 516. The summed E-state index contributed by atoms with van der Waals surface area (Å²) >= 11 is 0. The van der Waals surface area contributed by atoms with Gasteiger partial charge in [0.05, 0.1) is 0 Å². The van der Waals surface area contributed by atoms with Crippen LogP contribution in [0.15, 0.2) is 18.3 Å². The molecule has 4 heteroatoms. The number of rotatable bonds is 4. The topological polar surface area (TPSA) is 50.9 Å². The van der Waals surface area contributed by atoms with Gasteiger partial charge >= 0.3 is 0 Å². The van der Waals surface area contributed by atoms with Crippen molar-refractivity contribution in [2.75, 3.05) is 6.61 Å². The second-order valence-electron chi connectivity index (χ2n) is 4.66. The maximum absolute atomic E-state index is 8.95. The molecule has 1 aliphatic rings. The summed E-state index contributed by atoms with van der Waals surface area (Å²) in [6, 6.07) is 4.51. The van der Waals surface area contributed by atoms with E-state index in [2.05, 4.69) is 14.5 Å². The van der Waals surface area contributed by atoms with Gasteiger partial charge in [0.15, 0.2) is 5.65 Å². The van der Waals surface area contributed by atoms with Crippen LogP contribution in [0.1, 0.15) is 37.5 Å². The quantitative estimate of drug-likeness (QED) is 0.876. The van der Waals surface area contributed by atoms with E-state index in [1.54, 1.807) is 0 Å². The molecule has 0 spiro atoms. The third-order valence-electron chi connectivity index (χ3n) is 3.52. The van der Waals surface area contributed by atoms with E-state index in [0.717, 1.165) is 29.8 Å². The zero-order valence-electron chi connectivity index (χ0n) is 9.84. The highest BCUT2D eigenvalue weighted by Gasteiger charge is 2.24. The van der Waals surface area contributed by atoms with E-state index in [1.165, 1.54) is 19.3 Å². The van der Waals surface area contributed by atoms with E-state index in [0.29, 0.717) is 6.04 Å². The van der Waals surface area contributed by atoms with Crippen LogP contribution in [0.25, 0.3) is 11.2 Å². The predicted molar refractivity (Wildman–Crippen MR) is 65.8 cm³/mol. The van der Waals surface area contributed by atoms with Crippen LogP contribution in [0.3, 0.4) is 0 Å². The fourth-order valence-electron chi connectivity index (χ4n) is 2.42. The molecule has 0 aromatic carbocycles. The number of aliphatic hydroxyl groups is 1. The highest BCUT2D eigenvalue weighted by Crippen LogP contribution is 2.35. The molecule has 0 amide bonds. The smallest absolute Gasteiger partial charge is 0.160 e. The summed E-state index contributed by atoms with van der Waals surface area (Å²) < 4.78 is 2.29. The van der Waals surface area contributed by atoms with E-state index in [1.807, 2.05) is 18.3 Å². The summed E-state index contributed by atoms with van der Waals surface area (Å²) in [6.45, 7) is 0.224. The second-order valence-corrected chi connectivity index (χ2v) is 4.66. The van der Waals surface area contributed by atoms with Crippen molar-refractivity contribution < 1.29 is 5.11 Å². The fourth-order valence-corrected chi connectivity index (χ4v) is 2.42. The lowest BCUT2D eigenvalue weighted by atomic mass is 9.92. The molecule has 2 aromatic rings. The van der Waals surface area contributed by atoms with Gasteiger partial charge < -0.3 is 9.67 Å². The van der Waals surface area contributed by atoms with Gasteiger partial charge in [0.1, 0.15) is 11.3 Å². The molecule has 1 N–H and O–H groups in total. The van der Waals surface area contributed by atoms with E-state index in [-0.39, 0.29) is 6.61 Å². The van der Waals surface area contributed by atoms with Gasteiger partial charge in [-0.05, 0) is 37.8 Å². The highest BCUT2D eigenvalue weighted by atomic mass is 16.2. The van der Waals surface area contributed by atoms with Gasteiger partial charge in [0.2, 0.25) is 0 Å². The summed E-state index contributed by atoms with van der Waals surface area (Å²) in [7, 11) is 0. The van der Waals surface area contributed by atoms with Crippen molar-refractivity contribution in [1.29, 1.82) is 0 Å². The molecule has 4 nitrogen and oxygen atoms in total. The van der Waals surface area contributed by atoms with Gasteiger partial charge in [-0.25, -0.2) is 9.97 Å². The SMILES string of the molecule is OCCCc1nc2cccnc2n1C1CCC1. The Morgan fingerprint density at radius 2 is 2.29 bits per heavy atom. The number of imidazole rings is 1. The summed E-state index contributed by atoms with van der Waals surface area (Å²) in [5, 5.41) is 8.95. The lowest BCUT2D eigenvalue weighted by Crippen LogP contribution is -2.19. The molecule has 2 heterocycles. The first-order valence-electron chi connectivity index (χ1n) is 6.33. The molecule has 3 rings (SSSR count). The van der Waals surface area contributed by atoms with Crippen LogP contribution in [0.4, 0.5) is 0 Å². The van der Waals surface area contributed by atoms with Crippen molar-refractivity contribution in [3.05, 3.63) is 24.2 Å². The number of fused-ring (bicyclic) bond motifs is 1. The van der Waals surface area contributed by atoms with Crippen LogP contribution in [-0.4, -0.2) is 26.2 Å². The third kappa shape index (κ3) is 1.82. The van der Waals surface area contributed by atoms with Crippen molar-refractivity contribution in [3.63, 3.8) is 0 Å². The maximum Gasteiger partial charge on any atom is 0.160 e. The zero-order valence-corrected chi connectivity index (χ0v) is 9.84. The summed E-state index contributed by atoms with van der Waals surface area (Å²) in [5.41, 5.74) is 1.98. The molecule has 17 heavy (non-hydrogen) atoms. The number of nitrogens with zero attached hydrogens (tertiary/aromatic N) is 3. The normalized spacial score (nSPS) is 16.3. The first-order valence-corrected chi connectivity index (χ1v) is 6.33. The van der Waals surface area contributed by atoms with E-state index >= 15 is 0 Å². The number of hydrogen-bond donors (Lipinski definition) is 1. The molecule has 2 aromatic heterocycles. The van der Waals surface area contributed by atoms with Gasteiger partial charge in [0, 0.05) is 25.3 Å². The largest absolute Gasteiger partial charge is 0.396 e. The van der Waals surface area contributed by atoms with Crippen LogP contribution < -0.4 is 0 Å². The lowest BCUT2D eigenvalue weighted by molar-refractivity contribution is 0.280. The first kappa shape index (κ1) is 10.7. The number of aliphatic hydroxyl groups excluding tert-OH is 1. The van der Waals surface area contributed by atoms with Gasteiger partial charge in [-0.1, -0.05) is 0 Å². The standard InChI is InChI=1S/C13H17N3O/c17-9-3-7-12-15-11-6-2-8-14-13(11)16(12)10-4-1-5-10/h2,6,8,10,17H,1,3-5,7,9H2. The highest BCUT2D eigenvalue weighted by molar-refractivity contribution is 5.71. The van der Waals surface area contributed by atoms with Crippen LogP contribution in [-0.2, 0) is 6.42 Å². The van der Waals surface area contributed by atoms with Crippen molar-refractivity contribution in [3.8, 4) is 0 Å². The number of aryl methyl sites for hydroxylation is 1. The maximum atomic E-state index is 8.95. The third-order valence-corrected chi connectivity index (χ3v) is 3.52. The Kier molecular flexibility index (Phi) is 2.81. The Balaban J connectivity index is 2.05. The molecular formula is C13H17N3O. The van der Waals surface area contributed by atoms with E-state index in [4.69, 9.17) is 5.11 Å². The van der Waals surface area contributed by atoms with Crippen molar-refractivity contribution in [2.45, 2.75) is 38.1 Å². The Hall–Kier alpha value is -1.42. The van der Waals surface area contributed by atoms with Gasteiger partial charge in [-0.15, -0.1) is 0 Å². The predicted octanol–water partition coefficient (Wildman–Crippen LogP) is 2.08. The molecule has 0 unspecified atom stereocenters. The average Bonchev–Trinajstić information content (AvgIpc) is 2.64. The fraction of sp³-hybridized carbons (Fsp3) is 0.538. The number of pyridine rings is 1. The number of hydrogen-bond acceptors (Lipinski definition) is 3. The monoisotopic (exact) mass is 231 g/mol. The van der Waals surface area contributed by atoms with Crippen LogP contribution in [0, 0.1) is 0 Å². The molecule has 0 radical (unpaired) electrons. The van der Waals surface area contributed by atoms with Crippen molar-refractivity contribution in [2.24, 2.45) is 0 Å². The zero-order chi connectivity index (χ0) is 11.7. The van der Waals surface area contributed by atoms with Crippen molar-refractivity contribution in [1.82, 2.24) is 14.5 Å². The van der Waals surface area contributed by atoms with E-state index in [9.17, 15) is 0 Å². The second kappa shape index (κ2) is 4.45. The average molecular weight is 231 g/mol. The summed E-state index contributed by atoms with van der Waals surface area (Å²) in [5.74, 6) is 1.08. The molecule has 0 saturated heterocycles. The molecule has 1 aliphatic carbocycles. The molecule has 1 saturated carbocycles. The van der Waals surface area contributed by atoms with E-state index < -0.39 is 0 Å². The minimum absolute atomic E-state index is 0.224. The van der Waals surface area contributed by atoms with Crippen LogP contribution in [0.2, 0.25) is 0 Å². The Morgan fingerprint density at radius 3 is 3.00 bits per heavy atom. The molecule has 0 aliphatic heterocycles. The number of aromatic nitrogens is 3. The first-order chi connectivity index (χ1) is 8.40. The Morgan fingerprint density at radius 1 is 1.41 bits per heavy atom.